The molecule has 2 atom stereocenters. The molecule has 178 valence electrons. The van der Waals surface area contributed by atoms with Gasteiger partial charge in [0.1, 0.15) is 12.5 Å². The summed E-state index contributed by atoms with van der Waals surface area (Å²) in [5.74, 6) is 0.0196. The fourth-order valence-electron chi connectivity index (χ4n) is 4.56. The maximum Gasteiger partial charge on any atom is 0.298 e. The molecule has 3 aromatic rings. The molecule has 7 nitrogen and oxygen atoms in total. The van der Waals surface area contributed by atoms with Crippen LogP contribution in [0, 0.1) is 11.3 Å². The molecule has 0 bridgehead atoms. The zero-order valence-electron chi connectivity index (χ0n) is 19.8. The number of aliphatic hydroxyl groups is 1. The number of β-amino-alcohol motifs (C(OH)–C–C–N with tert-alkyl or cyclic N) is 1. The standard InChI is InChI=1S/C26H31N3O4Si/c1-26(2,3)21-16-29(23(31)22-17-32-25(27-22)28-14-18(30)15-28)24(21)33-34(19-10-6-4-7-11-19)20-12-8-5-9-13-20/h4-13,17-18,21,24,30,34H,14-16H2,1-3H3. The molecule has 5 rings (SSSR count). The quantitative estimate of drug-likeness (QED) is 0.546. The zero-order chi connectivity index (χ0) is 23.9. The van der Waals surface area contributed by atoms with Crippen molar-refractivity contribution >= 4 is 31.3 Å². The van der Waals surface area contributed by atoms with E-state index in [0.717, 1.165) is 0 Å². The summed E-state index contributed by atoms with van der Waals surface area (Å²) >= 11 is 0. The van der Waals surface area contributed by atoms with Crippen molar-refractivity contribution in [2.75, 3.05) is 24.5 Å². The number of rotatable bonds is 6. The van der Waals surface area contributed by atoms with Crippen molar-refractivity contribution in [2.24, 2.45) is 11.3 Å². The second-order valence-corrected chi connectivity index (χ2v) is 12.6. The highest BCUT2D eigenvalue weighted by Crippen LogP contribution is 2.40. The van der Waals surface area contributed by atoms with Gasteiger partial charge in [-0.05, 0) is 15.8 Å². The minimum atomic E-state index is -2.05. The van der Waals surface area contributed by atoms with Crippen LogP contribution in [0.4, 0.5) is 6.01 Å². The van der Waals surface area contributed by atoms with Gasteiger partial charge in [-0.3, -0.25) is 4.79 Å². The number of oxazole rings is 1. The Morgan fingerprint density at radius 1 is 1.03 bits per heavy atom. The fraction of sp³-hybridized carbons (Fsp3) is 0.385. The second kappa shape index (κ2) is 9.01. The molecule has 2 unspecified atom stereocenters. The van der Waals surface area contributed by atoms with Gasteiger partial charge in [-0.1, -0.05) is 81.4 Å². The summed E-state index contributed by atoms with van der Waals surface area (Å²) in [6.45, 7) is 8.14. The zero-order valence-corrected chi connectivity index (χ0v) is 20.9. The number of aromatic nitrogens is 1. The van der Waals surface area contributed by atoms with Crippen LogP contribution < -0.4 is 15.3 Å². The highest BCUT2D eigenvalue weighted by atomic mass is 28.3. The topological polar surface area (TPSA) is 79.0 Å². The number of likely N-dealkylation sites (tertiary alicyclic amines) is 1. The Bertz CT molecular complexity index is 1090. The Morgan fingerprint density at radius 3 is 2.15 bits per heavy atom. The van der Waals surface area contributed by atoms with Gasteiger partial charge in [0.15, 0.2) is 5.69 Å². The summed E-state index contributed by atoms with van der Waals surface area (Å²) in [6.07, 6.45) is 0.702. The SMILES string of the molecule is CC(C)(C)C1CN(C(=O)c2coc(N3CC(O)C3)n2)C1O[SiH](c1ccccc1)c1ccccc1. The van der Waals surface area contributed by atoms with Gasteiger partial charge in [0.25, 0.3) is 11.9 Å². The van der Waals surface area contributed by atoms with Crippen LogP contribution in [0.1, 0.15) is 31.3 Å². The number of hydrogen-bond donors (Lipinski definition) is 1. The molecule has 0 saturated carbocycles. The van der Waals surface area contributed by atoms with E-state index in [1.807, 2.05) is 41.3 Å². The highest BCUT2D eigenvalue weighted by Gasteiger charge is 2.50. The molecule has 2 saturated heterocycles. The first-order valence-electron chi connectivity index (χ1n) is 11.8. The number of nitrogens with zero attached hydrogens (tertiary/aromatic N) is 3. The first kappa shape index (κ1) is 22.8. The van der Waals surface area contributed by atoms with Crippen LogP contribution in [-0.2, 0) is 4.43 Å². The van der Waals surface area contributed by atoms with E-state index in [9.17, 15) is 9.90 Å². The van der Waals surface area contributed by atoms with Crippen LogP contribution in [0.3, 0.4) is 0 Å². The van der Waals surface area contributed by atoms with Crippen molar-refractivity contribution in [3.8, 4) is 0 Å². The molecular formula is C26H31N3O4Si. The molecule has 2 fully saturated rings. The Kier molecular flexibility index (Phi) is 6.05. The number of amides is 1. The van der Waals surface area contributed by atoms with E-state index < -0.39 is 9.04 Å². The molecule has 2 aromatic carbocycles. The van der Waals surface area contributed by atoms with Gasteiger partial charge in [-0.25, -0.2) is 0 Å². The summed E-state index contributed by atoms with van der Waals surface area (Å²) in [7, 11) is -2.05. The molecule has 2 aliphatic rings. The molecule has 34 heavy (non-hydrogen) atoms. The molecule has 0 aliphatic carbocycles. The Labute approximate surface area is 201 Å². The monoisotopic (exact) mass is 477 g/mol. The van der Waals surface area contributed by atoms with E-state index in [1.165, 1.54) is 16.6 Å². The first-order valence-corrected chi connectivity index (χ1v) is 13.4. The van der Waals surface area contributed by atoms with Crippen LogP contribution in [0.5, 0.6) is 0 Å². The highest BCUT2D eigenvalue weighted by molar-refractivity contribution is 6.80. The molecule has 8 heteroatoms. The molecule has 0 radical (unpaired) electrons. The van der Waals surface area contributed by atoms with Crippen molar-refractivity contribution in [3.05, 3.63) is 72.6 Å². The number of benzene rings is 2. The van der Waals surface area contributed by atoms with Gasteiger partial charge >= 0.3 is 0 Å². The molecule has 2 aliphatic heterocycles. The van der Waals surface area contributed by atoms with Crippen molar-refractivity contribution in [1.29, 1.82) is 0 Å². The lowest BCUT2D eigenvalue weighted by molar-refractivity contribution is -0.125. The van der Waals surface area contributed by atoms with E-state index in [4.69, 9.17) is 8.84 Å². The smallest absolute Gasteiger partial charge is 0.298 e. The Balaban J connectivity index is 1.41. The van der Waals surface area contributed by atoms with Crippen LogP contribution >= 0.6 is 0 Å². The molecule has 1 amide bonds. The van der Waals surface area contributed by atoms with E-state index in [-0.39, 0.29) is 35.3 Å². The maximum atomic E-state index is 13.4. The van der Waals surface area contributed by atoms with Crippen LogP contribution in [0.15, 0.2) is 71.3 Å². The normalized spacial score (nSPS) is 20.9. The molecular weight excluding hydrogens is 446 g/mol. The predicted octanol–water partition coefficient (Wildman–Crippen LogP) is 1.85. The Morgan fingerprint density at radius 2 is 1.62 bits per heavy atom. The van der Waals surface area contributed by atoms with E-state index >= 15 is 0 Å². The van der Waals surface area contributed by atoms with Gasteiger partial charge in [-0.15, -0.1) is 0 Å². The Hall–Kier alpha value is -2.94. The van der Waals surface area contributed by atoms with Gasteiger partial charge in [-0.2, -0.15) is 4.98 Å². The largest absolute Gasteiger partial charge is 0.431 e. The third-order valence-electron chi connectivity index (χ3n) is 6.74. The predicted molar refractivity (Wildman–Crippen MR) is 133 cm³/mol. The molecule has 0 spiro atoms. The lowest BCUT2D eigenvalue weighted by atomic mass is 9.74. The van der Waals surface area contributed by atoms with Crippen LogP contribution in [-0.4, -0.2) is 61.9 Å². The van der Waals surface area contributed by atoms with Crippen molar-refractivity contribution in [2.45, 2.75) is 33.1 Å². The maximum absolute atomic E-state index is 13.4. The summed E-state index contributed by atoms with van der Waals surface area (Å²) in [5, 5.41) is 11.9. The van der Waals surface area contributed by atoms with Crippen molar-refractivity contribution in [1.82, 2.24) is 9.88 Å². The molecule has 3 heterocycles. The number of hydrogen-bond acceptors (Lipinski definition) is 6. The number of carbonyl (C=O) groups is 1. The summed E-state index contributed by atoms with van der Waals surface area (Å²) < 4.78 is 12.4. The van der Waals surface area contributed by atoms with Crippen LogP contribution in [0.2, 0.25) is 0 Å². The lowest BCUT2D eigenvalue weighted by Gasteiger charge is -2.53. The van der Waals surface area contributed by atoms with E-state index in [0.29, 0.717) is 25.6 Å². The lowest BCUT2D eigenvalue weighted by Crippen LogP contribution is -2.66. The number of anilines is 1. The van der Waals surface area contributed by atoms with E-state index in [2.05, 4.69) is 50.0 Å². The van der Waals surface area contributed by atoms with Crippen LogP contribution in [0.25, 0.3) is 0 Å². The summed E-state index contributed by atoms with van der Waals surface area (Å²) in [4.78, 5) is 21.4. The number of aliphatic hydroxyl groups excluding tert-OH is 1. The van der Waals surface area contributed by atoms with E-state index in [1.54, 1.807) is 4.90 Å². The van der Waals surface area contributed by atoms with Crippen molar-refractivity contribution in [3.63, 3.8) is 0 Å². The third-order valence-corrected chi connectivity index (χ3v) is 9.27. The average molecular weight is 478 g/mol. The minimum Gasteiger partial charge on any atom is -0.431 e. The summed E-state index contributed by atoms with van der Waals surface area (Å²) in [6, 6.07) is 21.0. The number of carbonyl (C=O) groups excluding carboxylic acids is 1. The van der Waals surface area contributed by atoms with Gasteiger partial charge in [0.2, 0.25) is 9.04 Å². The molecule has 1 N–H and O–H groups in total. The average Bonchev–Trinajstić information content (AvgIpc) is 3.27. The molecule has 1 aromatic heterocycles. The first-order chi connectivity index (χ1) is 16.3. The third kappa shape index (κ3) is 4.41. The summed E-state index contributed by atoms with van der Waals surface area (Å²) in [5.41, 5.74) is 0.256. The van der Waals surface area contributed by atoms with Gasteiger partial charge < -0.3 is 23.7 Å². The van der Waals surface area contributed by atoms with Gasteiger partial charge in [0, 0.05) is 12.5 Å². The second-order valence-electron chi connectivity index (χ2n) is 10.2. The fourth-order valence-corrected chi connectivity index (χ4v) is 7.02. The minimum absolute atomic E-state index is 0.0173. The van der Waals surface area contributed by atoms with Gasteiger partial charge in [0.05, 0.1) is 19.2 Å². The van der Waals surface area contributed by atoms with Crippen molar-refractivity contribution < 1.29 is 18.7 Å².